The van der Waals surface area contributed by atoms with Crippen molar-refractivity contribution < 1.29 is 14.1 Å². The van der Waals surface area contributed by atoms with Crippen LogP contribution < -0.4 is 4.74 Å². The smallest absolute Gasteiger partial charge is 0.261 e. The molecular weight excluding hydrogens is 384 g/mol. The molecule has 4 heterocycles. The zero-order valence-electron chi connectivity index (χ0n) is 16.2. The van der Waals surface area contributed by atoms with Gasteiger partial charge in [-0.15, -0.1) is 0 Å². The minimum absolute atomic E-state index is 0.0228. The second-order valence-electron chi connectivity index (χ2n) is 7.15. The van der Waals surface area contributed by atoms with E-state index >= 15 is 0 Å². The van der Waals surface area contributed by atoms with Crippen LogP contribution in [0.1, 0.15) is 31.1 Å². The molecule has 3 aromatic heterocycles. The second kappa shape index (κ2) is 7.94. The molecule has 0 aliphatic carbocycles. The number of benzene rings is 1. The summed E-state index contributed by atoms with van der Waals surface area (Å²) < 4.78 is 11.1. The first kappa shape index (κ1) is 18.3. The molecule has 0 bridgehead atoms. The summed E-state index contributed by atoms with van der Waals surface area (Å²) in [7, 11) is 0. The average molecular weight is 404 g/mol. The summed E-state index contributed by atoms with van der Waals surface area (Å²) in [6, 6.07) is 10.9. The summed E-state index contributed by atoms with van der Waals surface area (Å²) in [4.78, 5) is 30.7. The van der Waals surface area contributed by atoms with E-state index in [-0.39, 0.29) is 18.6 Å². The number of likely N-dealkylation sites (tertiary alicyclic amines) is 1. The maximum atomic E-state index is 12.8. The van der Waals surface area contributed by atoms with Gasteiger partial charge in [0, 0.05) is 12.7 Å². The summed E-state index contributed by atoms with van der Waals surface area (Å²) in [5, 5.41) is 4.16. The Morgan fingerprint density at radius 3 is 3.03 bits per heavy atom. The number of hydrogen-bond acceptors (Lipinski definition) is 7. The topological polar surface area (TPSA) is 110 Å². The van der Waals surface area contributed by atoms with Crippen molar-refractivity contribution in [3.8, 4) is 17.2 Å². The Labute approximate surface area is 172 Å². The predicted octanol–water partition coefficient (Wildman–Crippen LogP) is 3.14. The average Bonchev–Trinajstić information content (AvgIpc) is 3.47. The highest BCUT2D eigenvalue weighted by Gasteiger charge is 2.32. The molecule has 1 fully saturated rings. The molecule has 4 aromatic rings. The first-order chi connectivity index (χ1) is 14.8. The van der Waals surface area contributed by atoms with E-state index in [4.69, 9.17) is 9.26 Å². The summed E-state index contributed by atoms with van der Waals surface area (Å²) in [6.07, 6.45) is 5.97. The standard InChI is InChI=1S/C21H20N6O3/c28-18(12-29-15-6-2-1-3-7-15)27-9-5-4-8-17(27)20-25-21(30-26-20)14-10-16-19(22-11-14)24-13-23-16/h1-3,6-7,10-11,13,17H,4-5,8-9,12H2,(H,22,23,24)/t17-/m1/s1. The Kier molecular flexibility index (Phi) is 4.84. The summed E-state index contributed by atoms with van der Waals surface area (Å²) in [5.41, 5.74) is 2.11. The van der Waals surface area contributed by atoms with Gasteiger partial charge in [-0.05, 0) is 37.5 Å². The Balaban J connectivity index is 1.33. The van der Waals surface area contributed by atoms with Gasteiger partial charge in [0.1, 0.15) is 11.3 Å². The molecule has 1 amide bonds. The molecule has 9 heteroatoms. The number of H-pyrrole nitrogens is 1. The highest BCUT2D eigenvalue weighted by molar-refractivity contribution is 5.78. The first-order valence-electron chi connectivity index (χ1n) is 9.88. The highest BCUT2D eigenvalue weighted by atomic mass is 16.5. The van der Waals surface area contributed by atoms with E-state index in [1.54, 1.807) is 17.4 Å². The number of ether oxygens (including phenoxy) is 1. The van der Waals surface area contributed by atoms with Crippen LogP contribution in [-0.2, 0) is 4.79 Å². The minimum Gasteiger partial charge on any atom is -0.484 e. The first-order valence-corrected chi connectivity index (χ1v) is 9.88. The normalized spacial score (nSPS) is 16.7. The number of nitrogens with one attached hydrogen (secondary N) is 1. The third-order valence-corrected chi connectivity index (χ3v) is 5.19. The van der Waals surface area contributed by atoms with Gasteiger partial charge in [-0.2, -0.15) is 4.98 Å². The van der Waals surface area contributed by atoms with Gasteiger partial charge in [0.05, 0.1) is 17.9 Å². The SMILES string of the molecule is O=C(COc1ccccc1)N1CCCC[C@@H]1c1noc(-c2cnc3[nH]cnc3c2)n1. The third kappa shape index (κ3) is 3.61. The number of para-hydroxylation sites is 1. The fourth-order valence-corrected chi connectivity index (χ4v) is 3.67. The summed E-state index contributed by atoms with van der Waals surface area (Å²) in [6.45, 7) is 0.622. The van der Waals surface area contributed by atoms with Crippen LogP contribution in [0.15, 0.2) is 53.4 Å². The van der Waals surface area contributed by atoms with Crippen LogP contribution in [-0.4, -0.2) is 49.1 Å². The van der Waals surface area contributed by atoms with E-state index in [1.165, 1.54) is 0 Å². The number of nitrogens with zero attached hydrogens (tertiary/aromatic N) is 5. The predicted molar refractivity (Wildman–Crippen MR) is 107 cm³/mol. The number of hydrogen-bond donors (Lipinski definition) is 1. The molecule has 1 aliphatic rings. The Hall–Kier alpha value is -3.75. The van der Waals surface area contributed by atoms with Crippen molar-refractivity contribution in [2.75, 3.05) is 13.2 Å². The van der Waals surface area contributed by atoms with Gasteiger partial charge in [-0.1, -0.05) is 23.4 Å². The Morgan fingerprint density at radius 1 is 1.23 bits per heavy atom. The molecule has 9 nitrogen and oxygen atoms in total. The third-order valence-electron chi connectivity index (χ3n) is 5.19. The monoisotopic (exact) mass is 404 g/mol. The molecule has 1 aliphatic heterocycles. The lowest BCUT2D eigenvalue weighted by atomic mass is 10.0. The van der Waals surface area contributed by atoms with Gasteiger partial charge in [0.25, 0.3) is 11.8 Å². The zero-order chi connectivity index (χ0) is 20.3. The second-order valence-corrected chi connectivity index (χ2v) is 7.15. The molecule has 1 N–H and O–H groups in total. The summed E-state index contributed by atoms with van der Waals surface area (Å²) >= 11 is 0. The molecular formula is C21H20N6O3. The molecule has 5 rings (SSSR count). The van der Waals surface area contributed by atoms with E-state index in [2.05, 4.69) is 25.1 Å². The number of carbonyl (C=O) groups excluding carboxylic acids is 1. The van der Waals surface area contributed by atoms with Crippen molar-refractivity contribution in [2.24, 2.45) is 0 Å². The van der Waals surface area contributed by atoms with Crippen LogP contribution in [0.25, 0.3) is 22.6 Å². The van der Waals surface area contributed by atoms with Crippen molar-refractivity contribution in [3.05, 3.63) is 54.7 Å². The summed E-state index contributed by atoms with van der Waals surface area (Å²) in [5.74, 6) is 1.44. The number of fused-ring (bicyclic) bond motifs is 1. The fraction of sp³-hybridized carbons (Fsp3) is 0.286. The maximum absolute atomic E-state index is 12.8. The maximum Gasteiger partial charge on any atom is 0.261 e. The Morgan fingerprint density at radius 2 is 2.13 bits per heavy atom. The lowest BCUT2D eigenvalue weighted by Crippen LogP contribution is -2.41. The van der Waals surface area contributed by atoms with Crippen LogP contribution in [0.3, 0.4) is 0 Å². The van der Waals surface area contributed by atoms with E-state index in [1.807, 2.05) is 36.4 Å². The zero-order valence-corrected chi connectivity index (χ0v) is 16.2. The van der Waals surface area contributed by atoms with Crippen LogP contribution in [0.5, 0.6) is 5.75 Å². The lowest BCUT2D eigenvalue weighted by Gasteiger charge is -2.33. The van der Waals surface area contributed by atoms with Gasteiger partial charge >= 0.3 is 0 Å². The number of imidazole rings is 1. The van der Waals surface area contributed by atoms with Crippen LogP contribution in [0.4, 0.5) is 0 Å². The van der Waals surface area contributed by atoms with Crippen LogP contribution in [0.2, 0.25) is 0 Å². The molecule has 30 heavy (non-hydrogen) atoms. The van der Waals surface area contributed by atoms with E-state index in [9.17, 15) is 4.79 Å². The van der Waals surface area contributed by atoms with Gasteiger partial charge in [-0.25, -0.2) is 9.97 Å². The van der Waals surface area contributed by atoms with E-state index in [0.717, 1.165) is 24.8 Å². The molecule has 0 radical (unpaired) electrons. The number of amides is 1. The van der Waals surface area contributed by atoms with Crippen LogP contribution >= 0.6 is 0 Å². The number of rotatable bonds is 5. The molecule has 152 valence electrons. The molecule has 1 aromatic carbocycles. The lowest BCUT2D eigenvalue weighted by molar-refractivity contribution is -0.137. The number of pyridine rings is 1. The number of carbonyl (C=O) groups is 1. The highest BCUT2D eigenvalue weighted by Crippen LogP contribution is 2.31. The molecule has 0 spiro atoms. The number of aromatic amines is 1. The van der Waals surface area contributed by atoms with Crippen molar-refractivity contribution in [1.82, 2.24) is 30.0 Å². The molecule has 1 saturated heterocycles. The van der Waals surface area contributed by atoms with E-state index in [0.29, 0.717) is 35.2 Å². The van der Waals surface area contributed by atoms with Crippen molar-refractivity contribution in [1.29, 1.82) is 0 Å². The Bertz CT molecular complexity index is 1160. The van der Waals surface area contributed by atoms with Crippen molar-refractivity contribution >= 4 is 17.1 Å². The van der Waals surface area contributed by atoms with Crippen LogP contribution in [0, 0.1) is 0 Å². The molecule has 0 unspecified atom stereocenters. The number of piperidine rings is 1. The quantitative estimate of drug-likeness (QED) is 0.544. The van der Waals surface area contributed by atoms with Crippen molar-refractivity contribution in [2.45, 2.75) is 25.3 Å². The van der Waals surface area contributed by atoms with Gasteiger partial charge < -0.3 is 19.1 Å². The number of aromatic nitrogens is 5. The fourth-order valence-electron chi connectivity index (χ4n) is 3.67. The largest absolute Gasteiger partial charge is 0.484 e. The van der Waals surface area contributed by atoms with E-state index < -0.39 is 0 Å². The molecule has 0 saturated carbocycles. The minimum atomic E-state index is -0.231. The molecule has 1 atom stereocenters. The van der Waals surface area contributed by atoms with Gasteiger partial charge in [0.15, 0.2) is 18.1 Å². The van der Waals surface area contributed by atoms with Gasteiger partial charge in [0.2, 0.25) is 0 Å². The van der Waals surface area contributed by atoms with Gasteiger partial charge in [-0.3, -0.25) is 4.79 Å². The van der Waals surface area contributed by atoms with Crippen molar-refractivity contribution in [3.63, 3.8) is 0 Å².